The molecule has 0 bridgehead atoms. The van der Waals surface area contributed by atoms with E-state index in [1.54, 1.807) is 4.90 Å². The summed E-state index contributed by atoms with van der Waals surface area (Å²) in [4.78, 5) is 3.92. The largest absolute Gasteiger partial charge is 0.362 e. The molecule has 0 radical (unpaired) electrons. The van der Waals surface area contributed by atoms with Crippen LogP contribution in [0.25, 0.3) is 0 Å². The van der Waals surface area contributed by atoms with Gasteiger partial charge in [0.1, 0.15) is 0 Å². The molecule has 1 aliphatic heterocycles. The minimum absolute atomic E-state index is 0.919. The lowest BCUT2D eigenvalue weighted by Crippen LogP contribution is -3.09. The summed E-state index contributed by atoms with van der Waals surface area (Å²) in [6.45, 7) is 5.52. The molecule has 4 heteroatoms. The van der Waals surface area contributed by atoms with Crippen LogP contribution in [0.1, 0.15) is 12.0 Å². The van der Waals surface area contributed by atoms with Gasteiger partial charge in [-0.2, -0.15) is 0 Å². The Bertz CT molecular complexity index is 394. The molecule has 2 N–H and O–H groups in total. The predicted octanol–water partition coefficient (Wildman–Crippen LogP) is 0.324. The molecule has 0 amide bonds. The molecule has 1 aromatic carbocycles. The predicted molar refractivity (Wildman–Crippen MR) is 83.6 cm³/mol. The van der Waals surface area contributed by atoms with Gasteiger partial charge in [-0.05, 0) is 24.2 Å². The first kappa shape index (κ1) is 14.3. The number of benzene rings is 1. The number of hydrogen-bond acceptors (Lipinski definition) is 1. The van der Waals surface area contributed by atoms with Gasteiger partial charge in [-0.1, -0.05) is 30.3 Å². The van der Waals surface area contributed by atoms with E-state index in [1.807, 2.05) is 0 Å². The third kappa shape index (κ3) is 4.80. The van der Waals surface area contributed by atoms with Crippen LogP contribution < -0.4 is 10.2 Å². The molecule has 0 spiro atoms. The molecule has 1 aromatic rings. The van der Waals surface area contributed by atoms with E-state index < -0.39 is 0 Å². The zero-order chi connectivity index (χ0) is 13.5. The van der Waals surface area contributed by atoms with Crippen molar-refractivity contribution in [3.63, 3.8) is 0 Å². The van der Waals surface area contributed by atoms with Crippen LogP contribution in [-0.4, -0.2) is 49.8 Å². The van der Waals surface area contributed by atoms with Gasteiger partial charge in [-0.15, -0.1) is 0 Å². The quantitative estimate of drug-likeness (QED) is 0.777. The van der Waals surface area contributed by atoms with Crippen LogP contribution in [0.5, 0.6) is 0 Å². The number of hydrogen-bond donors (Lipinski definition) is 2. The second-order valence-electron chi connectivity index (χ2n) is 5.27. The summed E-state index contributed by atoms with van der Waals surface area (Å²) in [5.74, 6) is 0. The first-order valence-electron chi connectivity index (χ1n) is 7.14. The van der Waals surface area contributed by atoms with Crippen molar-refractivity contribution in [1.82, 2.24) is 10.2 Å². The van der Waals surface area contributed by atoms with Gasteiger partial charge in [0.2, 0.25) is 0 Å². The molecule has 104 valence electrons. The Balaban J connectivity index is 1.72. The molecule has 0 aromatic heterocycles. The third-order valence-corrected chi connectivity index (χ3v) is 4.06. The number of thiocarbonyl (C=S) groups is 1. The van der Waals surface area contributed by atoms with Gasteiger partial charge in [0.25, 0.3) is 0 Å². The summed E-state index contributed by atoms with van der Waals surface area (Å²) in [7, 11) is 2.26. The van der Waals surface area contributed by atoms with E-state index in [4.69, 9.17) is 12.2 Å². The Hall–Kier alpha value is -1.13. The van der Waals surface area contributed by atoms with Crippen molar-refractivity contribution < 1.29 is 4.90 Å². The van der Waals surface area contributed by atoms with Crippen molar-refractivity contribution in [3.8, 4) is 0 Å². The van der Waals surface area contributed by atoms with Gasteiger partial charge < -0.3 is 15.1 Å². The van der Waals surface area contributed by atoms with Crippen molar-refractivity contribution >= 4 is 17.3 Å². The average molecular weight is 278 g/mol. The summed E-state index contributed by atoms with van der Waals surface area (Å²) >= 11 is 5.49. The lowest BCUT2D eigenvalue weighted by atomic mass is 10.1. The fraction of sp³-hybridized carbons (Fsp3) is 0.533. The second kappa shape index (κ2) is 7.46. The Morgan fingerprint density at radius 3 is 2.84 bits per heavy atom. The molecule has 0 aliphatic carbocycles. The number of quaternary nitrogens is 1. The molecule has 1 saturated heterocycles. The minimum Gasteiger partial charge on any atom is -0.362 e. The Kier molecular flexibility index (Phi) is 5.61. The van der Waals surface area contributed by atoms with Gasteiger partial charge in [-0.25, -0.2) is 0 Å². The van der Waals surface area contributed by atoms with Crippen LogP contribution in [0.4, 0.5) is 0 Å². The van der Waals surface area contributed by atoms with Crippen LogP contribution in [0, 0.1) is 0 Å². The highest BCUT2D eigenvalue weighted by Gasteiger charge is 2.16. The fourth-order valence-electron chi connectivity index (χ4n) is 2.41. The SMILES string of the molecule is C[NH+]1CCCN(C(=S)NCCc2ccccc2)CC1. The number of nitrogens with one attached hydrogen (secondary N) is 2. The Morgan fingerprint density at radius 1 is 1.26 bits per heavy atom. The number of nitrogens with zero attached hydrogens (tertiary/aromatic N) is 1. The minimum atomic E-state index is 0.919. The topological polar surface area (TPSA) is 19.7 Å². The zero-order valence-corrected chi connectivity index (χ0v) is 12.5. The molecule has 1 heterocycles. The normalized spacial score (nSPS) is 19.8. The lowest BCUT2D eigenvalue weighted by Gasteiger charge is -2.23. The lowest BCUT2D eigenvalue weighted by molar-refractivity contribution is -0.877. The van der Waals surface area contributed by atoms with E-state index >= 15 is 0 Å². The van der Waals surface area contributed by atoms with E-state index in [1.165, 1.54) is 25.1 Å². The fourth-order valence-corrected chi connectivity index (χ4v) is 2.69. The molecule has 1 atom stereocenters. The van der Waals surface area contributed by atoms with Crippen LogP contribution >= 0.6 is 12.2 Å². The summed E-state index contributed by atoms with van der Waals surface area (Å²) in [5, 5.41) is 4.31. The maximum atomic E-state index is 5.49. The summed E-state index contributed by atoms with van der Waals surface area (Å²) in [6, 6.07) is 10.5. The maximum absolute atomic E-state index is 5.49. The van der Waals surface area contributed by atoms with Crippen molar-refractivity contribution in [2.45, 2.75) is 12.8 Å². The smallest absolute Gasteiger partial charge is 0.169 e. The summed E-state index contributed by atoms with van der Waals surface area (Å²) < 4.78 is 0. The third-order valence-electron chi connectivity index (χ3n) is 3.66. The molecule has 0 saturated carbocycles. The van der Waals surface area contributed by atoms with Crippen molar-refractivity contribution in [3.05, 3.63) is 35.9 Å². The molecule has 3 nitrogen and oxygen atoms in total. The van der Waals surface area contributed by atoms with Crippen LogP contribution in [0.2, 0.25) is 0 Å². The van der Waals surface area contributed by atoms with Gasteiger partial charge in [-0.3, -0.25) is 0 Å². The van der Waals surface area contributed by atoms with E-state index in [-0.39, 0.29) is 0 Å². The molecule has 1 aliphatic rings. The van der Waals surface area contributed by atoms with Crippen molar-refractivity contribution in [2.75, 3.05) is 39.8 Å². The van der Waals surface area contributed by atoms with E-state index in [0.717, 1.165) is 31.2 Å². The Labute approximate surface area is 121 Å². The van der Waals surface area contributed by atoms with Gasteiger partial charge in [0.05, 0.1) is 26.7 Å². The maximum Gasteiger partial charge on any atom is 0.169 e. The highest BCUT2D eigenvalue weighted by molar-refractivity contribution is 7.80. The van der Waals surface area contributed by atoms with Crippen molar-refractivity contribution in [2.24, 2.45) is 0 Å². The van der Waals surface area contributed by atoms with Gasteiger partial charge >= 0.3 is 0 Å². The number of rotatable bonds is 3. The van der Waals surface area contributed by atoms with E-state index in [0.29, 0.717) is 0 Å². The first-order chi connectivity index (χ1) is 9.25. The van der Waals surface area contributed by atoms with Crippen LogP contribution in [-0.2, 0) is 6.42 Å². The summed E-state index contributed by atoms with van der Waals surface area (Å²) in [6.07, 6.45) is 2.26. The second-order valence-corrected chi connectivity index (χ2v) is 5.65. The molecule has 1 unspecified atom stereocenters. The van der Waals surface area contributed by atoms with Crippen LogP contribution in [0.15, 0.2) is 30.3 Å². The first-order valence-corrected chi connectivity index (χ1v) is 7.54. The van der Waals surface area contributed by atoms with Crippen molar-refractivity contribution in [1.29, 1.82) is 0 Å². The molecule has 1 fully saturated rings. The number of likely N-dealkylation sites (N-methyl/N-ethyl adjacent to an activating group) is 1. The molecular weight excluding hydrogens is 254 g/mol. The standard InChI is InChI=1S/C15H23N3S/c1-17-10-5-11-18(13-12-17)15(19)16-9-8-14-6-3-2-4-7-14/h2-4,6-7H,5,8-13H2,1H3,(H,16,19)/p+1. The molecule has 2 rings (SSSR count). The van der Waals surface area contributed by atoms with E-state index in [9.17, 15) is 0 Å². The van der Waals surface area contributed by atoms with Crippen LogP contribution in [0.3, 0.4) is 0 Å². The average Bonchev–Trinajstić information content (AvgIpc) is 2.65. The zero-order valence-electron chi connectivity index (χ0n) is 11.7. The Morgan fingerprint density at radius 2 is 2.05 bits per heavy atom. The molecular formula is C15H24N3S+. The highest BCUT2D eigenvalue weighted by Crippen LogP contribution is 1.99. The van der Waals surface area contributed by atoms with Gasteiger partial charge in [0, 0.05) is 19.5 Å². The highest BCUT2D eigenvalue weighted by atomic mass is 32.1. The van der Waals surface area contributed by atoms with E-state index in [2.05, 4.69) is 47.6 Å². The molecule has 19 heavy (non-hydrogen) atoms. The summed E-state index contributed by atoms with van der Waals surface area (Å²) in [5.41, 5.74) is 1.36. The van der Waals surface area contributed by atoms with Gasteiger partial charge in [0.15, 0.2) is 5.11 Å². The monoisotopic (exact) mass is 278 g/mol.